The number of aromatic nitrogens is 5. The van der Waals surface area contributed by atoms with Gasteiger partial charge in [0.2, 0.25) is 0 Å². The molecule has 1 aromatic carbocycles. The van der Waals surface area contributed by atoms with Crippen LogP contribution < -0.4 is 4.90 Å². The summed E-state index contributed by atoms with van der Waals surface area (Å²) in [4.78, 5) is 11.8. The average molecular weight is 374 g/mol. The second kappa shape index (κ2) is 7.84. The molecular formula is C22H26N6. The molecule has 4 aromatic rings. The smallest absolute Gasteiger partial charge is 0.143 e. The quantitative estimate of drug-likeness (QED) is 0.486. The highest BCUT2D eigenvalue weighted by Crippen LogP contribution is 2.26. The van der Waals surface area contributed by atoms with Crippen LogP contribution >= 0.6 is 0 Å². The van der Waals surface area contributed by atoms with E-state index in [1.165, 1.54) is 0 Å². The fraction of sp³-hybridized carbons (Fsp3) is 0.318. The van der Waals surface area contributed by atoms with Gasteiger partial charge in [0.15, 0.2) is 0 Å². The first-order valence-electron chi connectivity index (χ1n) is 9.92. The van der Waals surface area contributed by atoms with Crippen molar-refractivity contribution in [2.45, 2.75) is 33.9 Å². The van der Waals surface area contributed by atoms with Crippen molar-refractivity contribution < 1.29 is 0 Å². The Morgan fingerprint density at radius 1 is 0.964 bits per heavy atom. The molecule has 0 amide bonds. The number of hydrogen-bond acceptors (Lipinski definition) is 4. The lowest BCUT2D eigenvalue weighted by atomic mass is 10.2. The number of para-hydroxylation sites is 2. The van der Waals surface area contributed by atoms with Gasteiger partial charge in [-0.3, -0.25) is 4.68 Å². The van der Waals surface area contributed by atoms with E-state index in [0.29, 0.717) is 6.54 Å². The van der Waals surface area contributed by atoms with E-state index in [1.807, 2.05) is 23.1 Å². The molecule has 0 saturated carbocycles. The summed E-state index contributed by atoms with van der Waals surface area (Å²) in [5.41, 5.74) is 4.14. The third-order valence-electron chi connectivity index (χ3n) is 5.09. The first-order chi connectivity index (χ1) is 13.7. The Bertz CT molecular complexity index is 1060. The molecule has 0 radical (unpaired) electrons. The average Bonchev–Trinajstić information content (AvgIpc) is 3.35. The fourth-order valence-electron chi connectivity index (χ4n) is 3.54. The maximum atomic E-state index is 4.90. The largest absolute Gasteiger partial charge is 0.357 e. The van der Waals surface area contributed by atoms with Gasteiger partial charge in [-0.2, -0.15) is 5.10 Å². The van der Waals surface area contributed by atoms with Gasteiger partial charge >= 0.3 is 0 Å². The number of hydrogen-bond donors (Lipinski definition) is 0. The lowest BCUT2D eigenvalue weighted by Gasteiger charge is -2.19. The lowest BCUT2D eigenvalue weighted by molar-refractivity contribution is 0.639. The maximum Gasteiger partial charge on any atom is 0.143 e. The SMILES string of the molecule is CCN(CC)c1ccc(-c2nc3ccccc3n2Cc2ccn(CC)n2)cn1. The summed E-state index contributed by atoms with van der Waals surface area (Å²) in [5, 5.41) is 4.65. The third kappa shape index (κ3) is 3.38. The molecule has 144 valence electrons. The summed E-state index contributed by atoms with van der Waals surface area (Å²) in [6.45, 7) is 9.83. The van der Waals surface area contributed by atoms with Crippen molar-refractivity contribution >= 4 is 16.9 Å². The van der Waals surface area contributed by atoms with E-state index < -0.39 is 0 Å². The van der Waals surface area contributed by atoms with Gasteiger partial charge in [-0.25, -0.2) is 9.97 Å². The zero-order valence-corrected chi connectivity index (χ0v) is 16.7. The molecule has 0 N–H and O–H groups in total. The number of nitrogens with zero attached hydrogens (tertiary/aromatic N) is 6. The van der Waals surface area contributed by atoms with Gasteiger partial charge < -0.3 is 9.47 Å². The predicted molar refractivity (Wildman–Crippen MR) is 114 cm³/mol. The van der Waals surface area contributed by atoms with Gasteiger partial charge in [0.05, 0.1) is 23.3 Å². The van der Waals surface area contributed by atoms with Crippen molar-refractivity contribution in [1.82, 2.24) is 24.3 Å². The molecule has 4 rings (SSSR count). The summed E-state index contributed by atoms with van der Waals surface area (Å²) < 4.78 is 4.18. The van der Waals surface area contributed by atoms with E-state index in [9.17, 15) is 0 Å². The van der Waals surface area contributed by atoms with Gasteiger partial charge in [0.1, 0.15) is 11.6 Å². The number of imidazole rings is 1. The van der Waals surface area contributed by atoms with Crippen molar-refractivity contribution in [2.24, 2.45) is 0 Å². The normalized spacial score (nSPS) is 11.2. The van der Waals surface area contributed by atoms with Crippen LogP contribution in [0.15, 0.2) is 54.9 Å². The number of rotatable bonds is 7. The van der Waals surface area contributed by atoms with E-state index >= 15 is 0 Å². The molecule has 28 heavy (non-hydrogen) atoms. The number of pyridine rings is 1. The lowest BCUT2D eigenvalue weighted by Crippen LogP contribution is -2.22. The van der Waals surface area contributed by atoms with E-state index in [-0.39, 0.29) is 0 Å². The van der Waals surface area contributed by atoms with Crippen LogP contribution in [0.25, 0.3) is 22.4 Å². The van der Waals surface area contributed by atoms with Crippen LogP contribution in [0.3, 0.4) is 0 Å². The zero-order valence-electron chi connectivity index (χ0n) is 16.7. The second-order valence-electron chi connectivity index (χ2n) is 6.75. The highest BCUT2D eigenvalue weighted by Gasteiger charge is 2.15. The van der Waals surface area contributed by atoms with Gasteiger partial charge in [0.25, 0.3) is 0 Å². The van der Waals surface area contributed by atoms with E-state index in [0.717, 1.165) is 53.6 Å². The summed E-state index contributed by atoms with van der Waals surface area (Å²) in [5.74, 6) is 1.92. The van der Waals surface area contributed by atoms with Crippen LogP contribution in [0.5, 0.6) is 0 Å². The minimum absolute atomic E-state index is 0.681. The topological polar surface area (TPSA) is 51.8 Å². The Kier molecular flexibility index (Phi) is 5.10. The van der Waals surface area contributed by atoms with Crippen LogP contribution in [0, 0.1) is 0 Å². The molecule has 3 heterocycles. The van der Waals surface area contributed by atoms with Gasteiger partial charge in [-0.1, -0.05) is 12.1 Å². The molecule has 6 heteroatoms. The summed E-state index contributed by atoms with van der Waals surface area (Å²) in [7, 11) is 0. The first-order valence-corrected chi connectivity index (χ1v) is 9.92. The maximum absolute atomic E-state index is 4.90. The molecule has 3 aromatic heterocycles. The fourth-order valence-corrected chi connectivity index (χ4v) is 3.54. The minimum Gasteiger partial charge on any atom is -0.357 e. The predicted octanol–water partition coefficient (Wildman–Crippen LogP) is 4.21. The van der Waals surface area contributed by atoms with Crippen LogP contribution in [0.2, 0.25) is 0 Å². The van der Waals surface area contributed by atoms with Crippen LogP contribution in [0.1, 0.15) is 26.5 Å². The molecule has 0 aliphatic rings. The van der Waals surface area contributed by atoms with Crippen molar-refractivity contribution in [1.29, 1.82) is 0 Å². The van der Waals surface area contributed by atoms with Gasteiger partial charge in [-0.05, 0) is 51.1 Å². The molecule has 0 bridgehead atoms. The van der Waals surface area contributed by atoms with Crippen LogP contribution in [-0.2, 0) is 13.1 Å². The number of aryl methyl sites for hydroxylation is 1. The minimum atomic E-state index is 0.681. The second-order valence-corrected chi connectivity index (χ2v) is 6.75. The Morgan fingerprint density at radius 3 is 2.46 bits per heavy atom. The molecular weight excluding hydrogens is 348 g/mol. The molecule has 0 aliphatic heterocycles. The molecule has 0 aliphatic carbocycles. The highest BCUT2D eigenvalue weighted by molar-refractivity contribution is 5.80. The third-order valence-corrected chi connectivity index (χ3v) is 5.09. The van der Waals surface area contributed by atoms with E-state index in [4.69, 9.17) is 4.98 Å². The van der Waals surface area contributed by atoms with Crippen molar-refractivity contribution in [3.8, 4) is 11.4 Å². The Hall–Kier alpha value is -3.15. The summed E-state index contributed by atoms with van der Waals surface area (Å²) in [6.07, 6.45) is 3.95. The molecule has 0 spiro atoms. The van der Waals surface area contributed by atoms with E-state index in [2.05, 4.69) is 76.7 Å². The van der Waals surface area contributed by atoms with Gasteiger partial charge in [0, 0.05) is 37.6 Å². The van der Waals surface area contributed by atoms with Crippen molar-refractivity contribution in [2.75, 3.05) is 18.0 Å². The first kappa shape index (κ1) is 18.2. The van der Waals surface area contributed by atoms with Crippen molar-refractivity contribution in [3.05, 3.63) is 60.6 Å². The summed E-state index contributed by atoms with van der Waals surface area (Å²) >= 11 is 0. The van der Waals surface area contributed by atoms with Crippen molar-refractivity contribution in [3.63, 3.8) is 0 Å². The van der Waals surface area contributed by atoms with E-state index in [1.54, 1.807) is 0 Å². The monoisotopic (exact) mass is 374 g/mol. The molecule has 0 unspecified atom stereocenters. The standard InChI is InChI=1S/C22H26N6/c1-4-26(5-2)21-12-11-17(15-23-21)22-24-19-9-7-8-10-20(19)28(22)16-18-13-14-27(6-3)25-18/h7-15H,4-6,16H2,1-3H3. The van der Waals surface area contributed by atoms with Crippen LogP contribution in [-0.4, -0.2) is 37.4 Å². The Morgan fingerprint density at radius 2 is 1.79 bits per heavy atom. The molecule has 0 saturated heterocycles. The Balaban J connectivity index is 1.76. The summed E-state index contributed by atoms with van der Waals surface area (Å²) in [6, 6.07) is 14.5. The zero-order chi connectivity index (χ0) is 19.5. The number of benzene rings is 1. The molecule has 0 fully saturated rings. The Labute approximate surface area is 165 Å². The highest BCUT2D eigenvalue weighted by atomic mass is 15.3. The molecule has 6 nitrogen and oxygen atoms in total. The molecule has 0 atom stereocenters. The number of anilines is 1. The number of fused-ring (bicyclic) bond motifs is 1. The van der Waals surface area contributed by atoms with Gasteiger partial charge in [-0.15, -0.1) is 0 Å². The van der Waals surface area contributed by atoms with Crippen LogP contribution in [0.4, 0.5) is 5.82 Å².